The van der Waals surface area contributed by atoms with Crippen LogP contribution in [0.3, 0.4) is 0 Å². The summed E-state index contributed by atoms with van der Waals surface area (Å²) >= 11 is 2.77. The highest BCUT2D eigenvalue weighted by Crippen LogP contribution is 2.36. The molecule has 6 nitrogen and oxygen atoms in total. The number of carbonyl (C=O) groups is 1. The van der Waals surface area contributed by atoms with E-state index < -0.39 is 0 Å². The summed E-state index contributed by atoms with van der Waals surface area (Å²) in [6.45, 7) is 8.34. The molecule has 1 aromatic carbocycles. The Labute approximate surface area is 200 Å². The van der Waals surface area contributed by atoms with E-state index in [1.54, 1.807) is 22.6 Å². The number of furan rings is 1. The number of allylic oxidation sites excluding steroid dienone is 1. The molecule has 0 bridgehead atoms. The van der Waals surface area contributed by atoms with Crippen molar-refractivity contribution < 1.29 is 9.21 Å². The first-order valence-electron chi connectivity index (χ1n) is 10.5. The number of rotatable bonds is 8. The van der Waals surface area contributed by atoms with E-state index in [0.29, 0.717) is 28.5 Å². The largest absolute Gasteiger partial charge is 0.464 e. The maximum atomic E-state index is 13.4. The van der Waals surface area contributed by atoms with Crippen LogP contribution < -0.4 is 5.56 Å². The Hall–Kier alpha value is -3.10. The first kappa shape index (κ1) is 23.1. The molecule has 0 saturated heterocycles. The molecule has 0 saturated carbocycles. The van der Waals surface area contributed by atoms with E-state index in [4.69, 9.17) is 9.40 Å². The van der Waals surface area contributed by atoms with Gasteiger partial charge in [0.1, 0.15) is 16.4 Å². The highest BCUT2D eigenvalue weighted by molar-refractivity contribution is 7.99. The van der Waals surface area contributed by atoms with Crippen LogP contribution in [0.4, 0.5) is 0 Å². The second-order valence-electron chi connectivity index (χ2n) is 7.75. The van der Waals surface area contributed by atoms with Gasteiger partial charge in [-0.2, -0.15) is 0 Å². The molecule has 0 spiro atoms. The number of hydrogen-bond donors (Lipinski definition) is 0. The average molecular weight is 480 g/mol. The van der Waals surface area contributed by atoms with Crippen molar-refractivity contribution in [2.24, 2.45) is 0 Å². The van der Waals surface area contributed by atoms with Crippen molar-refractivity contribution in [3.05, 3.63) is 82.6 Å². The van der Waals surface area contributed by atoms with Gasteiger partial charge in [-0.15, -0.1) is 17.9 Å². The van der Waals surface area contributed by atoms with Crippen molar-refractivity contribution in [3.8, 4) is 10.4 Å². The fourth-order valence-electron chi connectivity index (χ4n) is 3.59. The van der Waals surface area contributed by atoms with Crippen LogP contribution in [-0.2, 0) is 17.9 Å². The SMILES string of the molecule is C=CCn1c(SCC(=O)N(C)Cc2ccc(C)o2)nc2sc(-c3ccccc3)c(C)c2c1=O. The summed E-state index contributed by atoms with van der Waals surface area (Å²) in [6, 6.07) is 13.7. The first-order valence-corrected chi connectivity index (χ1v) is 12.3. The molecule has 3 heterocycles. The zero-order chi connectivity index (χ0) is 23.5. The van der Waals surface area contributed by atoms with Crippen LogP contribution in [0.15, 0.2) is 69.5 Å². The molecule has 0 aliphatic rings. The van der Waals surface area contributed by atoms with Crippen molar-refractivity contribution >= 4 is 39.2 Å². The third kappa shape index (κ3) is 4.82. The Morgan fingerprint density at radius 1 is 1.24 bits per heavy atom. The smallest absolute Gasteiger partial charge is 0.263 e. The molecular formula is C25H25N3O3S2. The molecule has 3 aromatic heterocycles. The van der Waals surface area contributed by atoms with E-state index in [1.807, 2.05) is 56.3 Å². The lowest BCUT2D eigenvalue weighted by Crippen LogP contribution is -2.28. The first-order chi connectivity index (χ1) is 15.9. The van der Waals surface area contributed by atoms with Crippen LogP contribution in [0, 0.1) is 13.8 Å². The molecule has 4 rings (SSSR count). The van der Waals surface area contributed by atoms with Crippen molar-refractivity contribution in [1.82, 2.24) is 14.5 Å². The summed E-state index contributed by atoms with van der Waals surface area (Å²) < 4.78 is 7.16. The summed E-state index contributed by atoms with van der Waals surface area (Å²) in [7, 11) is 1.74. The number of aromatic nitrogens is 2. The fourth-order valence-corrected chi connectivity index (χ4v) is 5.77. The second kappa shape index (κ2) is 9.80. The topological polar surface area (TPSA) is 68.3 Å². The van der Waals surface area contributed by atoms with Crippen LogP contribution in [0.5, 0.6) is 0 Å². The molecule has 4 aromatic rings. The highest BCUT2D eigenvalue weighted by Gasteiger charge is 2.20. The fraction of sp³-hybridized carbons (Fsp3) is 0.240. The van der Waals surface area contributed by atoms with Crippen LogP contribution in [0.1, 0.15) is 17.1 Å². The molecule has 33 heavy (non-hydrogen) atoms. The third-order valence-corrected chi connectivity index (χ3v) is 7.50. The Morgan fingerprint density at radius 2 is 2.00 bits per heavy atom. The minimum atomic E-state index is -0.106. The van der Waals surface area contributed by atoms with Gasteiger partial charge in [-0.1, -0.05) is 48.2 Å². The predicted octanol–water partition coefficient (Wildman–Crippen LogP) is 5.27. The van der Waals surface area contributed by atoms with Crippen molar-refractivity contribution in [3.63, 3.8) is 0 Å². The third-order valence-electron chi connectivity index (χ3n) is 5.30. The normalized spacial score (nSPS) is 11.1. The maximum absolute atomic E-state index is 13.4. The minimum absolute atomic E-state index is 0.0686. The number of amides is 1. The maximum Gasteiger partial charge on any atom is 0.263 e. The monoisotopic (exact) mass is 479 g/mol. The van der Waals surface area contributed by atoms with Gasteiger partial charge < -0.3 is 9.32 Å². The summed E-state index contributed by atoms with van der Waals surface area (Å²) in [4.78, 5) is 34.2. The number of hydrogen-bond acceptors (Lipinski definition) is 6. The molecule has 0 radical (unpaired) electrons. The predicted molar refractivity (Wildman–Crippen MR) is 135 cm³/mol. The minimum Gasteiger partial charge on any atom is -0.464 e. The number of nitrogens with zero attached hydrogens (tertiary/aromatic N) is 3. The summed E-state index contributed by atoms with van der Waals surface area (Å²) in [5.41, 5.74) is 1.88. The number of benzene rings is 1. The lowest BCUT2D eigenvalue weighted by molar-refractivity contribution is -0.127. The molecule has 1 amide bonds. The van der Waals surface area contributed by atoms with Crippen LogP contribution in [-0.4, -0.2) is 33.2 Å². The Bertz CT molecular complexity index is 1370. The van der Waals surface area contributed by atoms with Crippen molar-refractivity contribution in [2.75, 3.05) is 12.8 Å². The van der Waals surface area contributed by atoms with Gasteiger partial charge in [0.05, 0.1) is 17.7 Å². The quantitative estimate of drug-likeness (QED) is 0.196. The van der Waals surface area contributed by atoms with Gasteiger partial charge in [0.25, 0.3) is 5.56 Å². The molecule has 170 valence electrons. The molecule has 0 aliphatic heterocycles. The van der Waals surface area contributed by atoms with E-state index in [2.05, 4.69) is 6.58 Å². The molecule has 0 unspecified atom stereocenters. The lowest BCUT2D eigenvalue weighted by atomic mass is 10.1. The van der Waals surface area contributed by atoms with Gasteiger partial charge in [0.15, 0.2) is 5.16 Å². The zero-order valence-corrected chi connectivity index (χ0v) is 20.5. The zero-order valence-electron chi connectivity index (χ0n) is 18.8. The van der Waals surface area contributed by atoms with Crippen LogP contribution >= 0.6 is 23.1 Å². The molecule has 8 heteroatoms. The van der Waals surface area contributed by atoms with E-state index >= 15 is 0 Å². The molecule has 0 N–H and O–H groups in total. The van der Waals surface area contributed by atoms with Gasteiger partial charge in [-0.05, 0) is 37.1 Å². The molecule has 0 atom stereocenters. The van der Waals surface area contributed by atoms with Gasteiger partial charge >= 0.3 is 0 Å². The Balaban J connectivity index is 1.62. The van der Waals surface area contributed by atoms with E-state index in [9.17, 15) is 9.59 Å². The Kier molecular flexibility index (Phi) is 6.85. The molecular weight excluding hydrogens is 454 g/mol. The number of fused-ring (bicyclic) bond motifs is 1. The summed E-state index contributed by atoms with van der Waals surface area (Å²) in [6.07, 6.45) is 1.67. The van der Waals surface area contributed by atoms with Crippen LogP contribution in [0.2, 0.25) is 0 Å². The standard InChI is InChI=1S/C25H25N3O3S2/c1-5-13-28-24(30)21-17(3)22(18-9-7-6-8-10-18)33-23(21)26-25(28)32-15-20(29)27(4)14-19-12-11-16(2)31-19/h5-12H,1,13-15H2,2-4H3. The number of thioether (sulfide) groups is 1. The van der Waals surface area contributed by atoms with Gasteiger partial charge in [-0.3, -0.25) is 14.2 Å². The second-order valence-corrected chi connectivity index (χ2v) is 9.69. The number of thiophene rings is 1. The molecule has 0 aliphatic carbocycles. The number of carbonyl (C=O) groups excluding carboxylic acids is 1. The van der Waals surface area contributed by atoms with Gasteiger partial charge in [0, 0.05) is 18.5 Å². The van der Waals surface area contributed by atoms with Crippen molar-refractivity contribution in [1.29, 1.82) is 0 Å². The van der Waals surface area contributed by atoms with Gasteiger partial charge in [-0.25, -0.2) is 4.98 Å². The molecule has 0 fully saturated rings. The lowest BCUT2D eigenvalue weighted by Gasteiger charge is -2.16. The number of aryl methyl sites for hydroxylation is 2. The Morgan fingerprint density at radius 3 is 2.67 bits per heavy atom. The van der Waals surface area contributed by atoms with E-state index in [1.165, 1.54) is 23.1 Å². The average Bonchev–Trinajstić information content (AvgIpc) is 3.37. The van der Waals surface area contributed by atoms with E-state index in [-0.39, 0.29) is 17.2 Å². The summed E-state index contributed by atoms with van der Waals surface area (Å²) in [5.74, 6) is 1.65. The van der Waals surface area contributed by atoms with Crippen molar-refractivity contribution in [2.45, 2.75) is 32.1 Å². The van der Waals surface area contributed by atoms with Gasteiger partial charge in [0.2, 0.25) is 5.91 Å². The van der Waals surface area contributed by atoms with E-state index in [0.717, 1.165) is 27.5 Å². The highest BCUT2D eigenvalue weighted by atomic mass is 32.2. The summed E-state index contributed by atoms with van der Waals surface area (Å²) in [5, 5.41) is 1.14. The van der Waals surface area contributed by atoms with Crippen LogP contribution in [0.25, 0.3) is 20.7 Å².